The van der Waals surface area contributed by atoms with Crippen molar-refractivity contribution >= 4 is 5.97 Å². The maximum absolute atomic E-state index is 10.0. The van der Waals surface area contributed by atoms with E-state index in [9.17, 15) is 5.11 Å². The first-order valence-electron chi connectivity index (χ1n) is 6.78. The molecule has 1 rings (SSSR count). The number of aliphatic hydroxyl groups excluding tert-OH is 1. The minimum atomic E-state index is -0.833. The number of carboxylic acids is 1. The highest BCUT2D eigenvalue weighted by molar-refractivity contribution is 5.62. The van der Waals surface area contributed by atoms with Crippen molar-refractivity contribution in [2.45, 2.75) is 45.8 Å². The van der Waals surface area contributed by atoms with Crippen LogP contribution in [0.15, 0.2) is 24.3 Å². The largest absolute Gasteiger partial charge is 0.508 e. The van der Waals surface area contributed by atoms with Crippen LogP contribution in [0.2, 0.25) is 0 Å². The second kappa shape index (κ2) is 10.2. The zero-order chi connectivity index (χ0) is 15.5. The number of carboxylic acid groups (broad SMARTS) is 1. The number of aromatic hydroxyl groups is 1. The van der Waals surface area contributed by atoms with Gasteiger partial charge in [-0.25, -0.2) is 0 Å². The monoisotopic (exact) mass is 283 g/mol. The molecule has 0 fully saturated rings. The molecule has 2 unspecified atom stereocenters. The van der Waals surface area contributed by atoms with Gasteiger partial charge in [-0.1, -0.05) is 25.5 Å². The number of phenolic OH excluding ortho intramolecular Hbond substituents is 1. The molecule has 114 valence electrons. The zero-order valence-electron chi connectivity index (χ0n) is 12.3. The van der Waals surface area contributed by atoms with Crippen molar-refractivity contribution in [1.29, 1.82) is 0 Å². The summed E-state index contributed by atoms with van der Waals surface area (Å²) in [6.07, 6.45) is 1.74. The highest BCUT2D eigenvalue weighted by atomic mass is 16.4. The summed E-state index contributed by atoms with van der Waals surface area (Å²) in [4.78, 5) is 9.00. The Hall–Kier alpha value is -1.59. The lowest BCUT2D eigenvalue weighted by molar-refractivity contribution is -0.134. The fourth-order valence-corrected chi connectivity index (χ4v) is 1.58. The number of aliphatic hydroxyl groups is 1. The summed E-state index contributed by atoms with van der Waals surface area (Å²) in [5, 5.41) is 29.9. The van der Waals surface area contributed by atoms with E-state index in [0.29, 0.717) is 0 Å². The van der Waals surface area contributed by atoms with Crippen LogP contribution in [0.4, 0.5) is 0 Å². The molecule has 0 saturated carbocycles. The SMILES string of the molecule is CC(=O)O.CCCCNC(C)C(O)c1ccc(O)cc1. The highest BCUT2D eigenvalue weighted by Gasteiger charge is 2.15. The molecule has 0 aliphatic heterocycles. The van der Waals surface area contributed by atoms with Gasteiger partial charge < -0.3 is 20.6 Å². The van der Waals surface area contributed by atoms with Gasteiger partial charge in [0, 0.05) is 13.0 Å². The van der Waals surface area contributed by atoms with Gasteiger partial charge in [0.15, 0.2) is 0 Å². The second-order valence-corrected chi connectivity index (χ2v) is 4.65. The molecule has 0 radical (unpaired) electrons. The van der Waals surface area contributed by atoms with E-state index in [0.717, 1.165) is 31.9 Å². The van der Waals surface area contributed by atoms with Crippen LogP contribution < -0.4 is 5.32 Å². The van der Waals surface area contributed by atoms with Gasteiger partial charge in [-0.3, -0.25) is 4.79 Å². The minimum Gasteiger partial charge on any atom is -0.508 e. The second-order valence-electron chi connectivity index (χ2n) is 4.65. The number of aliphatic carboxylic acids is 1. The summed E-state index contributed by atoms with van der Waals surface area (Å²) < 4.78 is 0. The zero-order valence-corrected chi connectivity index (χ0v) is 12.3. The number of unbranched alkanes of at least 4 members (excludes halogenated alkanes) is 1. The average Bonchev–Trinajstić information content (AvgIpc) is 2.38. The molecule has 0 aliphatic carbocycles. The molecule has 0 amide bonds. The average molecular weight is 283 g/mol. The molecule has 2 atom stereocenters. The molecule has 0 heterocycles. The molecule has 0 aliphatic rings. The molecule has 5 heteroatoms. The Labute approximate surface area is 120 Å². The molecule has 0 saturated heterocycles. The maximum atomic E-state index is 10.0. The lowest BCUT2D eigenvalue weighted by Gasteiger charge is -2.20. The molecule has 20 heavy (non-hydrogen) atoms. The van der Waals surface area contributed by atoms with Gasteiger partial charge in [-0.05, 0) is 37.6 Å². The fourth-order valence-electron chi connectivity index (χ4n) is 1.58. The van der Waals surface area contributed by atoms with E-state index in [1.807, 2.05) is 6.92 Å². The number of benzene rings is 1. The maximum Gasteiger partial charge on any atom is 0.300 e. The number of hydrogen-bond acceptors (Lipinski definition) is 4. The number of rotatable bonds is 6. The molecule has 1 aromatic rings. The summed E-state index contributed by atoms with van der Waals surface area (Å²) in [7, 11) is 0. The Morgan fingerprint density at radius 3 is 2.25 bits per heavy atom. The standard InChI is InChI=1S/C13H21NO2.C2H4O2/c1-3-4-9-14-10(2)13(16)11-5-7-12(15)8-6-11;1-2(3)4/h5-8,10,13-16H,3-4,9H2,1-2H3;1H3,(H,3,4). The van der Waals surface area contributed by atoms with E-state index in [2.05, 4.69) is 12.2 Å². The van der Waals surface area contributed by atoms with Gasteiger partial charge in [-0.15, -0.1) is 0 Å². The molecule has 4 N–H and O–H groups in total. The molecule has 0 bridgehead atoms. The molecule has 5 nitrogen and oxygen atoms in total. The van der Waals surface area contributed by atoms with Crippen LogP contribution in [-0.2, 0) is 4.79 Å². The van der Waals surface area contributed by atoms with Crippen molar-refractivity contribution in [3.63, 3.8) is 0 Å². The van der Waals surface area contributed by atoms with Crippen LogP contribution in [0.5, 0.6) is 5.75 Å². The molecular weight excluding hydrogens is 258 g/mol. The summed E-state index contributed by atoms with van der Waals surface area (Å²) in [6, 6.07) is 6.71. The van der Waals surface area contributed by atoms with Crippen molar-refractivity contribution < 1.29 is 20.1 Å². The predicted octanol–water partition coefficient (Wildman–Crippen LogP) is 2.29. The Morgan fingerprint density at radius 2 is 1.80 bits per heavy atom. The van der Waals surface area contributed by atoms with Crippen molar-refractivity contribution in [3.05, 3.63) is 29.8 Å². The Kier molecular flexibility index (Phi) is 9.41. The smallest absolute Gasteiger partial charge is 0.300 e. The first-order valence-corrected chi connectivity index (χ1v) is 6.78. The van der Waals surface area contributed by atoms with Crippen molar-refractivity contribution in [1.82, 2.24) is 5.32 Å². The first kappa shape index (κ1) is 18.4. The van der Waals surface area contributed by atoms with Crippen LogP contribution in [0.1, 0.15) is 45.3 Å². The van der Waals surface area contributed by atoms with E-state index in [1.165, 1.54) is 0 Å². The van der Waals surface area contributed by atoms with Crippen LogP contribution in [0.3, 0.4) is 0 Å². The van der Waals surface area contributed by atoms with E-state index < -0.39 is 12.1 Å². The summed E-state index contributed by atoms with van der Waals surface area (Å²) in [5.74, 6) is -0.609. The molecule has 0 spiro atoms. The summed E-state index contributed by atoms with van der Waals surface area (Å²) in [6.45, 7) is 6.11. The Morgan fingerprint density at radius 1 is 1.30 bits per heavy atom. The van der Waals surface area contributed by atoms with E-state index >= 15 is 0 Å². The quantitative estimate of drug-likeness (QED) is 0.601. The molecule has 0 aromatic heterocycles. The van der Waals surface area contributed by atoms with E-state index in [1.54, 1.807) is 24.3 Å². The predicted molar refractivity (Wildman–Crippen MR) is 78.7 cm³/mol. The highest BCUT2D eigenvalue weighted by Crippen LogP contribution is 2.19. The van der Waals surface area contributed by atoms with Gasteiger partial charge in [0.2, 0.25) is 0 Å². The number of phenols is 1. The molecular formula is C15H25NO4. The minimum absolute atomic E-state index is 0.0242. The topological polar surface area (TPSA) is 89.8 Å². The van der Waals surface area contributed by atoms with Crippen LogP contribution in [0, 0.1) is 0 Å². The Bertz CT molecular complexity index is 374. The number of hydrogen-bond donors (Lipinski definition) is 4. The lowest BCUT2D eigenvalue weighted by atomic mass is 10.0. The number of nitrogens with one attached hydrogen (secondary N) is 1. The Balaban J connectivity index is 0.000000796. The van der Waals surface area contributed by atoms with Gasteiger partial charge in [0.05, 0.1) is 6.10 Å². The molecule has 1 aromatic carbocycles. The third-order valence-electron chi connectivity index (χ3n) is 2.70. The van der Waals surface area contributed by atoms with Gasteiger partial charge in [0.1, 0.15) is 5.75 Å². The van der Waals surface area contributed by atoms with Gasteiger partial charge in [-0.2, -0.15) is 0 Å². The first-order chi connectivity index (χ1) is 9.38. The summed E-state index contributed by atoms with van der Waals surface area (Å²) >= 11 is 0. The van der Waals surface area contributed by atoms with Crippen molar-refractivity contribution in [2.24, 2.45) is 0 Å². The van der Waals surface area contributed by atoms with Gasteiger partial charge >= 0.3 is 0 Å². The van der Waals surface area contributed by atoms with Crippen molar-refractivity contribution in [2.75, 3.05) is 6.54 Å². The van der Waals surface area contributed by atoms with Gasteiger partial charge in [0.25, 0.3) is 5.97 Å². The number of carbonyl (C=O) groups is 1. The lowest BCUT2D eigenvalue weighted by Crippen LogP contribution is -2.32. The fraction of sp³-hybridized carbons (Fsp3) is 0.533. The van der Waals surface area contributed by atoms with E-state index in [-0.39, 0.29) is 11.8 Å². The van der Waals surface area contributed by atoms with Crippen LogP contribution >= 0.6 is 0 Å². The normalized spacial score (nSPS) is 13.0. The van der Waals surface area contributed by atoms with Crippen LogP contribution in [0.25, 0.3) is 0 Å². The summed E-state index contributed by atoms with van der Waals surface area (Å²) in [5.41, 5.74) is 0.828. The van der Waals surface area contributed by atoms with Crippen LogP contribution in [-0.4, -0.2) is 33.9 Å². The third kappa shape index (κ3) is 8.50. The third-order valence-corrected chi connectivity index (χ3v) is 2.70. The van der Waals surface area contributed by atoms with Crippen molar-refractivity contribution in [3.8, 4) is 5.75 Å². The van der Waals surface area contributed by atoms with E-state index in [4.69, 9.17) is 15.0 Å².